The maximum atomic E-state index is 11.1. The fourth-order valence-electron chi connectivity index (χ4n) is 2.41. The zero-order valence-corrected chi connectivity index (χ0v) is 16.4. The van der Waals surface area contributed by atoms with Gasteiger partial charge in [0.1, 0.15) is 21.9 Å². The molecule has 3 heterocycles. The Morgan fingerprint density at radius 3 is 2.81 bits per heavy atom. The highest BCUT2D eigenvalue weighted by molar-refractivity contribution is 7.80. The highest BCUT2D eigenvalue weighted by atomic mass is 32.1. The van der Waals surface area contributed by atoms with E-state index in [4.69, 9.17) is 17.3 Å². The van der Waals surface area contributed by atoms with E-state index in [1.807, 2.05) is 6.07 Å². The Kier molecular flexibility index (Phi) is 6.25. The third kappa shape index (κ3) is 4.95. The SMILES string of the molecule is CCCCCNC(=S)Nc1ccc2ncc(-c3ccc(C(=O)O)s3)nc2n1. The second kappa shape index (κ2) is 8.83. The molecule has 0 unspecified atom stereocenters. The van der Waals surface area contributed by atoms with Gasteiger partial charge in [-0.1, -0.05) is 19.8 Å². The lowest BCUT2D eigenvalue weighted by Gasteiger charge is -2.10. The van der Waals surface area contributed by atoms with Gasteiger partial charge in [-0.25, -0.2) is 14.8 Å². The average molecular weight is 402 g/mol. The van der Waals surface area contributed by atoms with E-state index in [0.717, 1.165) is 42.0 Å². The van der Waals surface area contributed by atoms with Gasteiger partial charge >= 0.3 is 5.97 Å². The number of fused-ring (bicyclic) bond motifs is 1. The molecule has 0 aromatic carbocycles. The van der Waals surface area contributed by atoms with Gasteiger partial charge < -0.3 is 15.7 Å². The monoisotopic (exact) mass is 401 g/mol. The standard InChI is InChI=1S/C18H19N5O2S2/c1-2-3-4-9-19-18(26)23-15-8-5-11-16(22-15)21-12(10-20-11)13-6-7-14(27-13)17(24)25/h5-8,10H,2-4,9H2,1H3,(H,24,25)(H2,19,21,22,23,26). The van der Waals surface area contributed by atoms with Crippen molar-refractivity contribution >= 4 is 51.6 Å². The fourth-order valence-corrected chi connectivity index (χ4v) is 3.42. The van der Waals surface area contributed by atoms with E-state index < -0.39 is 5.97 Å². The summed E-state index contributed by atoms with van der Waals surface area (Å²) in [6.07, 6.45) is 5.01. The van der Waals surface area contributed by atoms with E-state index in [2.05, 4.69) is 32.5 Å². The van der Waals surface area contributed by atoms with Crippen LogP contribution >= 0.6 is 23.6 Å². The van der Waals surface area contributed by atoms with E-state index in [0.29, 0.717) is 27.8 Å². The summed E-state index contributed by atoms with van der Waals surface area (Å²) in [5, 5.41) is 15.8. The van der Waals surface area contributed by atoms with Crippen LogP contribution < -0.4 is 10.6 Å². The van der Waals surface area contributed by atoms with Gasteiger partial charge in [0.2, 0.25) is 0 Å². The molecule has 0 aliphatic carbocycles. The van der Waals surface area contributed by atoms with Crippen LogP contribution in [0.3, 0.4) is 0 Å². The summed E-state index contributed by atoms with van der Waals surface area (Å²) in [6.45, 7) is 2.98. The molecule has 3 aromatic rings. The minimum Gasteiger partial charge on any atom is -0.477 e. The lowest BCUT2D eigenvalue weighted by atomic mass is 10.2. The number of aromatic carboxylic acids is 1. The van der Waals surface area contributed by atoms with Crippen LogP contribution in [0.1, 0.15) is 35.9 Å². The Bertz CT molecular complexity index is 973. The van der Waals surface area contributed by atoms with Crippen LogP contribution in [0.15, 0.2) is 30.5 Å². The van der Waals surface area contributed by atoms with Crippen LogP contribution in [0.5, 0.6) is 0 Å². The van der Waals surface area contributed by atoms with Crippen molar-refractivity contribution in [1.29, 1.82) is 0 Å². The summed E-state index contributed by atoms with van der Waals surface area (Å²) < 4.78 is 0. The van der Waals surface area contributed by atoms with Crippen molar-refractivity contribution in [2.75, 3.05) is 11.9 Å². The van der Waals surface area contributed by atoms with E-state index in [1.165, 1.54) is 0 Å². The number of pyridine rings is 1. The molecule has 0 aliphatic rings. The molecule has 0 fully saturated rings. The molecule has 9 heteroatoms. The summed E-state index contributed by atoms with van der Waals surface area (Å²) in [5.74, 6) is -0.371. The Morgan fingerprint density at radius 2 is 2.07 bits per heavy atom. The molecular formula is C18H19N5O2S2. The van der Waals surface area contributed by atoms with Crippen molar-refractivity contribution in [2.45, 2.75) is 26.2 Å². The molecule has 3 aromatic heterocycles. The molecule has 0 aliphatic heterocycles. The van der Waals surface area contributed by atoms with Crippen molar-refractivity contribution in [2.24, 2.45) is 0 Å². The smallest absolute Gasteiger partial charge is 0.345 e. The second-order valence-corrected chi connectivity index (χ2v) is 7.34. The number of anilines is 1. The number of aromatic nitrogens is 3. The number of rotatable bonds is 7. The molecule has 0 saturated heterocycles. The molecule has 0 spiro atoms. The molecule has 0 amide bonds. The van der Waals surface area contributed by atoms with Gasteiger partial charge in [-0.15, -0.1) is 11.3 Å². The third-order valence-corrected chi connectivity index (χ3v) is 5.13. The second-order valence-electron chi connectivity index (χ2n) is 5.85. The number of hydrogen-bond donors (Lipinski definition) is 3. The Morgan fingerprint density at radius 1 is 1.22 bits per heavy atom. The number of unbranched alkanes of at least 4 members (excludes halogenated alkanes) is 2. The molecular weight excluding hydrogens is 382 g/mol. The Balaban J connectivity index is 1.75. The van der Waals surface area contributed by atoms with E-state index >= 15 is 0 Å². The summed E-state index contributed by atoms with van der Waals surface area (Å²) in [6, 6.07) is 6.90. The molecule has 0 bridgehead atoms. The molecule has 27 heavy (non-hydrogen) atoms. The number of carboxylic acids is 1. The van der Waals surface area contributed by atoms with E-state index in [-0.39, 0.29) is 4.88 Å². The predicted molar refractivity (Wildman–Crippen MR) is 111 cm³/mol. The number of carboxylic acid groups (broad SMARTS) is 1. The number of nitrogens with one attached hydrogen (secondary N) is 2. The molecule has 0 radical (unpaired) electrons. The number of thiophene rings is 1. The van der Waals surface area contributed by atoms with Crippen molar-refractivity contribution in [3.05, 3.63) is 35.3 Å². The van der Waals surface area contributed by atoms with Crippen molar-refractivity contribution in [1.82, 2.24) is 20.3 Å². The molecule has 0 saturated carbocycles. The van der Waals surface area contributed by atoms with Crippen LogP contribution in [0, 0.1) is 0 Å². The van der Waals surface area contributed by atoms with Crippen molar-refractivity contribution < 1.29 is 9.90 Å². The minimum atomic E-state index is -0.954. The fraction of sp³-hybridized carbons (Fsp3) is 0.278. The first kappa shape index (κ1) is 19.1. The molecule has 0 atom stereocenters. The minimum absolute atomic E-state index is 0.259. The third-order valence-electron chi connectivity index (χ3n) is 3.78. The van der Waals surface area contributed by atoms with Gasteiger partial charge in [-0.05, 0) is 42.9 Å². The number of thiocarbonyl (C=S) groups is 1. The highest BCUT2D eigenvalue weighted by Crippen LogP contribution is 2.27. The van der Waals surface area contributed by atoms with Gasteiger partial charge in [0, 0.05) is 6.54 Å². The summed E-state index contributed by atoms with van der Waals surface area (Å²) in [5.41, 5.74) is 1.71. The van der Waals surface area contributed by atoms with Crippen LogP contribution in [0.25, 0.3) is 21.7 Å². The van der Waals surface area contributed by atoms with Gasteiger partial charge in [-0.2, -0.15) is 0 Å². The van der Waals surface area contributed by atoms with Gasteiger partial charge in [0.05, 0.1) is 11.1 Å². The zero-order valence-electron chi connectivity index (χ0n) is 14.7. The van der Waals surface area contributed by atoms with Gasteiger partial charge in [0.25, 0.3) is 0 Å². The maximum Gasteiger partial charge on any atom is 0.345 e. The largest absolute Gasteiger partial charge is 0.477 e. The average Bonchev–Trinajstić information content (AvgIpc) is 3.15. The number of hydrogen-bond acceptors (Lipinski definition) is 6. The van der Waals surface area contributed by atoms with E-state index in [9.17, 15) is 4.79 Å². The maximum absolute atomic E-state index is 11.1. The van der Waals surface area contributed by atoms with Gasteiger partial charge in [-0.3, -0.25) is 4.98 Å². The van der Waals surface area contributed by atoms with Crippen molar-refractivity contribution in [3.63, 3.8) is 0 Å². The molecule has 3 rings (SSSR count). The number of nitrogens with zero attached hydrogens (tertiary/aromatic N) is 3. The Hall–Kier alpha value is -2.65. The molecule has 3 N–H and O–H groups in total. The highest BCUT2D eigenvalue weighted by Gasteiger charge is 2.11. The zero-order chi connectivity index (χ0) is 19.2. The van der Waals surface area contributed by atoms with Crippen LogP contribution in [0.4, 0.5) is 5.82 Å². The first-order valence-corrected chi connectivity index (χ1v) is 9.81. The first-order chi connectivity index (χ1) is 13.1. The number of carbonyl (C=O) groups is 1. The predicted octanol–water partition coefficient (Wildman–Crippen LogP) is 3.93. The van der Waals surface area contributed by atoms with Crippen LogP contribution in [-0.2, 0) is 0 Å². The lowest BCUT2D eigenvalue weighted by molar-refractivity contribution is 0.0702. The normalized spacial score (nSPS) is 10.7. The Labute approximate surface area is 165 Å². The first-order valence-electron chi connectivity index (χ1n) is 8.59. The van der Waals surface area contributed by atoms with Crippen molar-refractivity contribution in [3.8, 4) is 10.6 Å². The van der Waals surface area contributed by atoms with Crippen LogP contribution in [-0.4, -0.2) is 37.7 Å². The summed E-state index contributed by atoms with van der Waals surface area (Å²) >= 11 is 6.44. The topological polar surface area (TPSA) is 100 Å². The van der Waals surface area contributed by atoms with Gasteiger partial charge in [0.15, 0.2) is 10.8 Å². The van der Waals surface area contributed by atoms with E-state index in [1.54, 1.807) is 24.4 Å². The lowest BCUT2D eigenvalue weighted by Crippen LogP contribution is -2.29. The van der Waals surface area contributed by atoms with Crippen LogP contribution in [0.2, 0.25) is 0 Å². The summed E-state index contributed by atoms with van der Waals surface area (Å²) in [4.78, 5) is 25.4. The quantitative estimate of drug-likeness (QED) is 0.404. The molecule has 7 nitrogen and oxygen atoms in total. The molecule has 140 valence electrons. The summed E-state index contributed by atoms with van der Waals surface area (Å²) in [7, 11) is 0.